The second-order valence-corrected chi connectivity index (χ2v) is 7.15. The van der Waals surface area contributed by atoms with Crippen LogP contribution in [0.15, 0.2) is 54.6 Å². The predicted octanol–water partition coefficient (Wildman–Crippen LogP) is 3.40. The van der Waals surface area contributed by atoms with Crippen LogP contribution in [0.4, 0.5) is 5.69 Å². The van der Waals surface area contributed by atoms with Crippen molar-refractivity contribution >= 4 is 11.6 Å². The number of amides is 1. The molecule has 2 fully saturated rings. The van der Waals surface area contributed by atoms with Crippen LogP contribution in [-0.4, -0.2) is 37.0 Å². The zero-order chi connectivity index (χ0) is 17.9. The van der Waals surface area contributed by atoms with Gasteiger partial charge >= 0.3 is 0 Å². The Hall–Kier alpha value is -2.80. The van der Waals surface area contributed by atoms with Gasteiger partial charge in [0.05, 0.1) is 11.3 Å². The van der Waals surface area contributed by atoms with E-state index in [9.17, 15) is 10.1 Å². The fourth-order valence-electron chi connectivity index (χ4n) is 3.99. The molecular formula is C22H23N3O. The average Bonchev–Trinajstić information content (AvgIpc) is 3.52. The zero-order valence-electron chi connectivity index (χ0n) is 14.8. The molecule has 2 aliphatic rings. The second-order valence-electron chi connectivity index (χ2n) is 7.15. The van der Waals surface area contributed by atoms with Gasteiger partial charge in [-0.15, -0.1) is 0 Å². The maximum absolute atomic E-state index is 12.9. The predicted molar refractivity (Wildman–Crippen MR) is 102 cm³/mol. The van der Waals surface area contributed by atoms with Crippen LogP contribution in [0.3, 0.4) is 0 Å². The lowest BCUT2D eigenvalue weighted by Gasteiger charge is -2.24. The molecule has 0 unspecified atom stereocenters. The third-order valence-electron chi connectivity index (χ3n) is 5.51. The van der Waals surface area contributed by atoms with E-state index in [1.165, 1.54) is 5.56 Å². The van der Waals surface area contributed by atoms with Crippen LogP contribution in [0, 0.1) is 17.2 Å². The maximum atomic E-state index is 12.9. The fourth-order valence-corrected chi connectivity index (χ4v) is 3.99. The van der Waals surface area contributed by atoms with Gasteiger partial charge in [-0.05, 0) is 36.5 Å². The first kappa shape index (κ1) is 16.7. The minimum absolute atomic E-state index is 0.148. The molecular weight excluding hydrogens is 322 g/mol. The van der Waals surface area contributed by atoms with Gasteiger partial charge in [0.1, 0.15) is 6.07 Å². The highest BCUT2D eigenvalue weighted by Gasteiger charge is 2.45. The molecule has 0 aromatic heterocycles. The second kappa shape index (κ2) is 7.21. The summed E-state index contributed by atoms with van der Waals surface area (Å²) in [6.07, 6.45) is 1.91. The summed E-state index contributed by atoms with van der Waals surface area (Å²) in [5.74, 6) is 0.840. The zero-order valence-corrected chi connectivity index (χ0v) is 14.8. The summed E-state index contributed by atoms with van der Waals surface area (Å²) >= 11 is 0. The molecule has 2 atom stereocenters. The van der Waals surface area contributed by atoms with E-state index >= 15 is 0 Å². The molecule has 1 saturated carbocycles. The first-order chi connectivity index (χ1) is 12.8. The number of para-hydroxylation sites is 1. The van der Waals surface area contributed by atoms with E-state index in [0.29, 0.717) is 17.4 Å². The van der Waals surface area contributed by atoms with Gasteiger partial charge in [-0.3, -0.25) is 4.79 Å². The van der Waals surface area contributed by atoms with E-state index in [1.54, 1.807) is 0 Å². The highest BCUT2D eigenvalue weighted by Crippen LogP contribution is 2.48. The number of anilines is 1. The molecule has 4 heteroatoms. The Morgan fingerprint density at radius 3 is 2.54 bits per heavy atom. The van der Waals surface area contributed by atoms with Gasteiger partial charge in [0.2, 0.25) is 5.91 Å². The number of carbonyl (C=O) groups excluding carboxylic acids is 1. The number of carbonyl (C=O) groups is 1. The third-order valence-corrected chi connectivity index (χ3v) is 5.51. The van der Waals surface area contributed by atoms with Crippen molar-refractivity contribution in [1.29, 1.82) is 5.26 Å². The normalized spacial score (nSPS) is 22.4. The van der Waals surface area contributed by atoms with Crippen LogP contribution in [0.25, 0.3) is 0 Å². The van der Waals surface area contributed by atoms with Crippen molar-refractivity contribution in [2.24, 2.45) is 5.92 Å². The summed E-state index contributed by atoms with van der Waals surface area (Å²) in [5, 5.41) is 9.34. The van der Waals surface area contributed by atoms with Crippen LogP contribution in [-0.2, 0) is 4.79 Å². The van der Waals surface area contributed by atoms with Gasteiger partial charge in [0.15, 0.2) is 0 Å². The van der Waals surface area contributed by atoms with Crippen LogP contribution < -0.4 is 4.90 Å². The smallest absolute Gasteiger partial charge is 0.226 e. The van der Waals surface area contributed by atoms with Crippen molar-refractivity contribution < 1.29 is 4.79 Å². The fraction of sp³-hybridized carbons (Fsp3) is 0.364. The number of hydrogen-bond donors (Lipinski definition) is 0. The molecule has 1 saturated heterocycles. The Kier molecular flexibility index (Phi) is 4.62. The number of nitrogens with zero attached hydrogens (tertiary/aromatic N) is 3. The van der Waals surface area contributed by atoms with E-state index in [4.69, 9.17) is 0 Å². The van der Waals surface area contributed by atoms with Crippen molar-refractivity contribution in [1.82, 2.24) is 4.90 Å². The Labute approximate surface area is 154 Å². The van der Waals surface area contributed by atoms with Gasteiger partial charge in [0, 0.05) is 32.1 Å². The SMILES string of the molecule is N#Cc1ccccc1N1CCCN(C(=O)[C@@H]2C[C@H]2c2ccccc2)CC1. The molecule has 2 aromatic rings. The molecule has 0 bridgehead atoms. The van der Waals surface area contributed by atoms with Crippen molar-refractivity contribution in [3.05, 3.63) is 65.7 Å². The average molecular weight is 345 g/mol. The topological polar surface area (TPSA) is 47.3 Å². The minimum Gasteiger partial charge on any atom is -0.369 e. The van der Waals surface area contributed by atoms with Gasteiger partial charge < -0.3 is 9.80 Å². The van der Waals surface area contributed by atoms with Crippen LogP contribution in [0.2, 0.25) is 0 Å². The molecule has 2 aromatic carbocycles. The molecule has 1 aliphatic heterocycles. The van der Waals surface area contributed by atoms with Crippen molar-refractivity contribution in [2.75, 3.05) is 31.1 Å². The summed E-state index contributed by atoms with van der Waals surface area (Å²) in [7, 11) is 0. The van der Waals surface area contributed by atoms with Crippen LogP contribution >= 0.6 is 0 Å². The lowest BCUT2D eigenvalue weighted by molar-refractivity contribution is -0.132. The first-order valence-electron chi connectivity index (χ1n) is 9.36. The Balaban J connectivity index is 1.40. The first-order valence-corrected chi connectivity index (χ1v) is 9.36. The van der Waals surface area contributed by atoms with E-state index in [2.05, 4.69) is 23.1 Å². The standard InChI is InChI=1S/C22H23N3O/c23-16-18-9-4-5-10-21(18)24-11-6-12-25(14-13-24)22(26)20-15-19(20)17-7-2-1-3-8-17/h1-5,7-10,19-20H,6,11-15H2/t19-,20+/m0/s1. The van der Waals surface area contributed by atoms with Crippen LogP contribution in [0.1, 0.15) is 29.9 Å². The molecule has 1 aliphatic carbocycles. The van der Waals surface area contributed by atoms with Crippen molar-refractivity contribution in [2.45, 2.75) is 18.8 Å². The minimum atomic E-state index is 0.148. The monoisotopic (exact) mass is 345 g/mol. The van der Waals surface area contributed by atoms with Crippen LogP contribution in [0.5, 0.6) is 0 Å². The van der Waals surface area contributed by atoms with Gasteiger partial charge in [0.25, 0.3) is 0 Å². The molecule has 1 amide bonds. The number of benzene rings is 2. The molecule has 1 heterocycles. The van der Waals surface area contributed by atoms with Gasteiger partial charge in [-0.25, -0.2) is 0 Å². The molecule has 0 radical (unpaired) electrons. The highest BCUT2D eigenvalue weighted by molar-refractivity contribution is 5.83. The summed E-state index contributed by atoms with van der Waals surface area (Å²) in [6.45, 7) is 3.21. The Bertz CT molecular complexity index is 827. The molecule has 26 heavy (non-hydrogen) atoms. The summed E-state index contributed by atoms with van der Waals surface area (Å²) in [4.78, 5) is 17.2. The van der Waals surface area contributed by atoms with Gasteiger partial charge in [-0.1, -0.05) is 42.5 Å². The summed E-state index contributed by atoms with van der Waals surface area (Å²) in [5.41, 5.74) is 2.97. The van der Waals surface area contributed by atoms with E-state index in [-0.39, 0.29) is 5.92 Å². The quantitative estimate of drug-likeness (QED) is 0.856. The lowest BCUT2D eigenvalue weighted by Crippen LogP contribution is -2.36. The molecule has 0 spiro atoms. The largest absolute Gasteiger partial charge is 0.369 e. The van der Waals surface area contributed by atoms with Crippen molar-refractivity contribution in [3.63, 3.8) is 0 Å². The van der Waals surface area contributed by atoms with E-state index < -0.39 is 0 Å². The summed E-state index contributed by atoms with van der Waals surface area (Å²) in [6, 6.07) is 20.4. The molecule has 4 nitrogen and oxygen atoms in total. The van der Waals surface area contributed by atoms with Gasteiger partial charge in [-0.2, -0.15) is 5.26 Å². The summed E-state index contributed by atoms with van der Waals surface area (Å²) < 4.78 is 0. The number of nitriles is 1. The molecule has 0 N–H and O–H groups in total. The highest BCUT2D eigenvalue weighted by atomic mass is 16.2. The lowest BCUT2D eigenvalue weighted by atomic mass is 10.1. The van der Waals surface area contributed by atoms with E-state index in [0.717, 1.165) is 44.7 Å². The third kappa shape index (κ3) is 3.30. The maximum Gasteiger partial charge on any atom is 0.226 e. The van der Waals surface area contributed by atoms with E-state index in [1.807, 2.05) is 47.4 Å². The number of hydrogen-bond acceptors (Lipinski definition) is 3. The Morgan fingerprint density at radius 1 is 0.962 bits per heavy atom. The molecule has 132 valence electrons. The molecule has 4 rings (SSSR count). The van der Waals surface area contributed by atoms with Crippen molar-refractivity contribution in [3.8, 4) is 6.07 Å². The number of rotatable bonds is 3. The Morgan fingerprint density at radius 2 is 1.73 bits per heavy atom.